The van der Waals surface area contributed by atoms with Gasteiger partial charge in [0.1, 0.15) is 5.82 Å². The van der Waals surface area contributed by atoms with E-state index in [2.05, 4.69) is 10.0 Å². The second kappa shape index (κ2) is 10.0. The Hall–Kier alpha value is -2.94. The van der Waals surface area contributed by atoms with Crippen LogP contribution < -0.4 is 15.8 Å². The summed E-state index contributed by atoms with van der Waals surface area (Å²) in [5.74, 6) is -2.13. The summed E-state index contributed by atoms with van der Waals surface area (Å²) in [5.41, 5.74) is 6.66. The number of rotatable bonds is 10. The molecule has 156 valence electrons. The molecule has 0 spiro atoms. The molecule has 2 aromatic rings. The fourth-order valence-electron chi connectivity index (χ4n) is 2.72. The van der Waals surface area contributed by atoms with E-state index in [-0.39, 0.29) is 35.8 Å². The minimum Gasteiger partial charge on any atom is -0.369 e. The highest BCUT2D eigenvalue weighted by Crippen LogP contribution is 2.14. The molecule has 2 aromatic carbocycles. The maximum atomic E-state index is 13.0. The summed E-state index contributed by atoms with van der Waals surface area (Å²) in [6, 6.07) is 11.7. The van der Waals surface area contributed by atoms with E-state index in [4.69, 9.17) is 5.73 Å². The molecule has 4 N–H and O–H groups in total. The molecule has 0 aliphatic carbocycles. The summed E-state index contributed by atoms with van der Waals surface area (Å²) in [6.45, 7) is 1.75. The van der Waals surface area contributed by atoms with Crippen LogP contribution in [-0.2, 0) is 21.2 Å². The molecule has 9 heteroatoms. The Bertz CT molecular complexity index is 962. The van der Waals surface area contributed by atoms with Crippen molar-refractivity contribution in [2.45, 2.75) is 19.8 Å². The Labute approximate surface area is 169 Å². The van der Waals surface area contributed by atoms with Crippen molar-refractivity contribution in [3.63, 3.8) is 0 Å². The lowest BCUT2D eigenvalue weighted by Gasteiger charge is -2.15. The van der Waals surface area contributed by atoms with E-state index in [1.165, 1.54) is 24.3 Å². The van der Waals surface area contributed by atoms with Gasteiger partial charge in [-0.15, -0.1) is 0 Å². The van der Waals surface area contributed by atoms with Gasteiger partial charge >= 0.3 is 0 Å². The minimum absolute atomic E-state index is 0.00265. The number of hydrogen-bond donors (Lipinski definition) is 3. The van der Waals surface area contributed by atoms with Crippen LogP contribution in [0.5, 0.6) is 0 Å². The molecule has 7 nitrogen and oxygen atoms in total. The SMILES string of the molecule is CCCS(=O)(=O)Nc1cccc(C(=O)NCC(Cc2ccc(F)cc2)C(N)=O)c1. The molecule has 0 saturated carbocycles. The zero-order valence-corrected chi connectivity index (χ0v) is 16.8. The maximum Gasteiger partial charge on any atom is 0.251 e. The molecule has 0 radical (unpaired) electrons. The van der Waals surface area contributed by atoms with Crippen LogP contribution in [0.3, 0.4) is 0 Å². The molecule has 0 heterocycles. The van der Waals surface area contributed by atoms with Crippen LogP contribution in [-0.4, -0.2) is 32.5 Å². The third-order valence-electron chi connectivity index (χ3n) is 4.18. The molecule has 0 aliphatic heterocycles. The number of benzene rings is 2. The first-order chi connectivity index (χ1) is 13.7. The van der Waals surface area contributed by atoms with Gasteiger partial charge in [0.15, 0.2) is 0 Å². The van der Waals surface area contributed by atoms with E-state index in [0.29, 0.717) is 6.42 Å². The largest absolute Gasteiger partial charge is 0.369 e. The van der Waals surface area contributed by atoms with Gasteiger partial charge in [-0.1, -0.05) is 25.1 Å². The van der Waals surface area contributed by atoms with Gasteiger partial charge < -0.3 is 11.1 Å². The first-order valence-electron chi connectivity index (χ1n) is 9.12. The van der Waals surface area contributed by atoms with Crippen LogP contribution in [0.2, 0.25) is 0 Å². The summed E-state index contributed by atoms with van der Waals surface area (Å²) in [4.78, 5) is 24.1. The average molecular weight is 421 g/mol. The molecule has 0 saturated heterocycles. The number of hydrogen-bond acceptors (Lipinski definition) is 4. The van der Waals surface area contributed by atoms with Crippen molar-refractivity contribution in [3.05, 3.63) is 65.5 Å². The maximum absolute atomic E-state index is 13.0. The zero-order chi connectivity index (χ0) is 21.4. The number of carbonyl (C=O) groups excluding carboxylic acids is 2. The zero-order valence-electron chi connectivity index (χ0n) is 16.0. The normalized spacial score (nSPS) is 12.2. The summed E-state index contributed by atoms with van der Waals surface area (Å²) in [5, 5.41) is 2.64. The lowest BCUT2D eigenvalue weighted by Crippen LogP contribution is -2.37. The van der Waals surface area contributed by atoms with Crippen molar-refractivity contribution in [2.24, 2.45) is 11.7 Å². The topological polar surface area (TPSA) is 118 Å². The van der Waals surface area contributed by atoms with Crippen molar-refractivity contribution in [3.8, 4) is 0 Å². The number of nitrogens with one attached hydrogen (secondary N) is 2. The van der Waals surface area contributed by atoms with Crippen molar-refractivity contribution in [2.75, 3.05) is 17.0 Å². The van der Waals surface area contributed by atoms with Crippen LogP contribution in [0.25, 0.3) is 0 Å². The molecule has 1 atom stereocenters. The van der Waals surface area contributed by atoms with E-state index >= 15 is 0 Å². The lowest BCUT2D eigenvalue weighted by molar-refractivity contribution is -0.121. The van der Waals surface area contributed by atoms with Crippen LogP contribution in [0.4, 0.5) is 10.1 Å². The number of amides is 2. The molecule has 0 aliphatic rings. The first kappa shape index (κ1) is 22.4. The summed E-state index contributed by atoms with van der Waals surface area (Å²) < 4.78 is 39.2. The Morgan fingerprint density at radius 1 is 1.14 bits per heavy atom. The molecular weight excluding hydrogens is 397 g/mol. The Balaban J connectivity index is 2.02. The van der Waals surface area contributed by atoms with Gasteiger partial charge in [-0.25, -0.2) is 12.8 Å². The molecular formula is C20H24FN3O4S. The number of anilines is 1. The molecule has 0 fully saturated rings. The van der Waals surface area contributed by atoms with E-state index in [1.54, 1.807) is 31.2 Å². The van der Waals surface area contributed by atoms with Crippen LogP contribution in [0, 0.1) is 11.7 Å². The highest BCUT2D eigenvalue weighted by atomic mass is 32.2. The standard InChI is InChI=1S/C20H24FN3O4S/c1-2-10-29(27,28)24-18-5-3-4-15(12-18)20(26)23-13-16(19(22)25)11-14-6-8-17(21)9-7-14/h3-9,12,16,24H,2,10-11,13H2,1H3,(H2,22,25)(H,23,26). The van der Waals surface area contributed by atoms with Gasteiger partial charge in [0.25, 0.3) is 5.91 Å². The van der Waals surface area contributed by atoms with E-state index in [0.717, 1.165) is 5.56 Å². The fourth-order valence-corrected chi connectivity index (χ4v) is 3.85. The lowest BCUT2D eigenvalue weighted by atomic mass is 9.98. The predicted octanol–water partition coefficient (Wildman–Crippen LogP) is 2.05. The Kier molecular flexibility index (Phi) is 7.72. The molecule has 2 amide bonds. The summed E-state index contributed by atoms with van der Waals surface area (Å²) in [6.07, 6.45) is 0.727. The van der Waals surface area contributed by atoms with E-state index in [1.807, 2.05) is 0 Å². The van der Waals surface area contributed by atoms with E-state index < -0.39 is 27.8 Å². The summed E-state index contributed by atoms with van der Waals surface area (Å²) >= 11 is 0. The predicted molar refractivity (Wildman–Crippen MR) is 109 cm³/mol. The van der Waals surface area contributed by atoms with Gasteiger partial charge in [-0.2, -0.15) is 0 Å². The van der Waals surface area contributed by atoms with Crippen molar-refractivity contribution in [1.82, 2.24) is 5.32 Å². The Morgan fingerprint density at radius 3 is 2.45 bits per heavy atom. The average Bonchev–Trinajstić information content (AvgIpc) is 2.65. The van der Waals surface area contributed by atoms with Crippen molar-refractivity contribution in [1.29, 1.82) is 0 Å². The number of halogens is 1. The van der Waals surface area contributed by atoms with Gasteiger partial charge in [0.2, 0.25) is 15.9 Å². The Morgan fingerprint density at radius 2 is 1.83 bits per heavy atom. The third kappa shape index (κ3) is 7.19. The van der Waals surface area contributed by atoms with Gasteiger partial charge in [-0.05, 0) is 48.7 Å². The van der Waals surface area contributed by atoms with E-state index in [9.17, 15) is 22.4 Å². The second-order valence-electron chi connectivity index (χ2n) is 6.64. The highest BCUT2D eigenvalue weighted by molar-refractivity contribution is 7.92. The van der Waals surface area contributed by atoms with Crippen molar-refractivity contribution >= 4 is 27.5 Å². The van der Waals surface area contributed by atoms with Crippen LogP contribution in [0.1, 0.15) is 29.3 Å². The number of carbonyl (C=O) groups is 2. The van der Waals surface area contributed by atoms with Gasteiger partial charge in [-0.3, -0.25) is 14.3 Å². The number of primary amides is 1. The monoisotopic (exact) mass is 421 g/mol. The number of nitrogens with two attached hydrogens (primary N) is 1. The molecule has 2 rings (SSSR count). The van der Waals surface area contributed by atoms with Crippen LogP contribution >= 0.6 is 0 Å². The van der Waals surface area contributed by atoms with Crippen molar-refractivity contribution < 1.29 is 22.4 Å². The number of sulfonamides is 1. The quantitative estimate of drug-likeness (QED) is 0.544. The molecule has 29 heavy (non-hydrogen) atoms. The second-order valence-corrected chi connectivity index (χ2v) is 8.48. The smallest absolute Gasteiger partial charge is 0.251 e. The van der Waals surface area contributed by atoms with Gasteiger partial charge in [0.05, 0.1) is 11.7 Å². The third-order valence-corrected chi connectivity index (χ3v) is 5.67. The van der Waals surface area contributed by atoms with Crippen LogP contribution in [0.15, 0.2) is 48.5 Å². The molecule has 0 aromatic heterocycles. The highest BCUT2D eigenvalue weighted by Gasteiger charge is 2.18. The fraction of sp³-hybridized carbons (Fsp3) is 0.300. The first-order valence-corrected chi connectivity index (χ1v) is 10.8. The molecule has 1 unspecified atom stereocenters. The molecule has 0 bridgehead atoms. The van der Waals surface area contributed by atoms with Gasteiger partial charge in [0, 0.05) is 17.8 Å². The minimum atomic E-state index is -3.47. The summed E-state index contributed by atoms with van der Waals surface area (Å²) in [7, 11) is -3.47.